The molecule has 9 atom stereocenters. The Labute approximate surface area is 219 Å². The molecule has 5 aliphatic rings. The first kappa shape index (κ1) is 26.4. The quantitative estimate of drug-likeness (QED) is 0.460. The van der Waals surface area contributed by atoms with Crippen molar-refractivity contribution in [3.05, 3.63) is 0 Å². The second-order valence-electron chi connectivity index (χ2n) is 15.9. The van der Waals surface area contributed by atoms with E-state index < -0.39 is 11.3 Å². The number of hydrogen-bond donors (Lipinski definition) is 1. The summed E-state index contributed by atoms with van der Waals surface area (Å²) in [5, 5.41) is 20.0. The van der Waals surface area contributed by atoms with Gasteiger partial charge in [-0.2, -0.15) is 5.26 Å². The smallest absolute Gasteiger partial charge is 0.155 e. The Balaban J connectivity index is 1.60. The molecule has 200 valence electrons. The molecule has 0 aromatic carbocycles. The van der Waals surface area contributed by atoms with Crippen LogP contribution in [0.3, 0.4) is 0 Å². The number of carbonyl (C=O) groups excluding carboxylic acids is 2. The van der Waals surface area contributed by atoms with Crippen molar-refractivity contribution < 1.29 is 14.7 Å². The van der Waals surface area contributed by atoms with Gasteiger partial charge in [0, 0.05) is 24.4 Å². The van der Waals surface area contributed by atoms with Crippen molar-refractivity contribution in [2.24, 2.45) is 62.1 Å². The molecule has 0 heterocycles. The highest BCUT2D eigenvalue weighted by Gasteiger charge is 2.72. The molecule has 1 unspecified atom stereocenters. The number of nitrogens with zero attached hydrogens (tertiary/aromatic N) is 1. The van der Waals surface area contributed by atoms with E-state index in [1.807, 2.05) is 0 Å². The summed E-state index contributed by atoms with van der Waals surface area (Å²) in [5.41, 5.74) is -0.436. The third-order valence-electron chi connectivity index (χ3n) is 13.7. The van der Waals surface area contributed by atoms with Crippen molar-refractivity contribution in [1.82, 2.24) is 0 Å². The Kier molecular flexibility index (Phi) is 5.80. The minimum Gasteiger partial charge on any atom is -0.396 e. The summed E-state index contributed by atoms with van der Waals surface area (Å²) >= 11 is 0. The van der Waals surface area contributed by atoms with Gasteiger partial charge in [-0.25, -0.2) is 0 Å². The third kappa shape index (κ3) is 3.20. The fourth-order valence-electron chi connectivity index (χ4n) is 11.6. The topological polar surface area (TPSA) is 78.2 Å². The average molecular weight is 496 g/mol. The van der Waals surface area contributed by atoms with E-state index in [1.54, 1.807) is 0 Å². The molecule has 5 fully saturated rings. The summed E-state index contributed by atoms with van der Waals surface area (Å²) in [5.74, 6) is 0.823. The van der Waals surface area contributed by atoms with Crippen molar-refractivity contribution in [1.29, 1.82) is 5.26 Å². The van der Waals surface area contributed by atoms with Crippen molar-refractivity contribution in [2.45, 2.75) is 113 Å². The molecule has 0 aliphatic heterocycles. The lowest BCUT2D eigenvalue weighted by Crippen LogP contribution is -2.69. The van der Waals surface area contributed by atoms with Gasteiger partial charge in [-0.15, -0.1) is 0 Å². The minimum absolute atomic E-state index is 0.0142. The van der Waals surface area contributed by atoms with Crippen LogP contribution in [-0.4, -0.2) is 23.3 Å². The predicted molar refractivity (Wildman–Crippen MR) is 141 cm³/mol. The number of aliphatic hydroxyl groups excluding tert-OH is 1. The number of fused-ring (bicyclic) bond motifs is 7. The highest BCUT2D eigenvalue weighted by atomic mass is 16.3. The maximum absolute atomic E-state index is 14.4. The lowest BCUT2D eigenvalue weighted by atomic mass is 9.31. The van der Waals surface area contributed by atoms with Crippen LogP contribution in [0, 0.1) is 73.4 Å². The molecule has 1 N–H and O–H groups in total. The van der Waals surface area contributed by atoms with Gasteiger partial charge in [0.1, 0.15) is 11.7 Å². The molecule has 0 aromatic heterocycles. The molecule has 0 spiro atoms. The van der Waals surface area contributed by atoms with Crippen molar-refractivity contribution in [2.75, 3.05) is 6.61 Å². The van der Waals surface area contributed by atoms with Crippen molar-refractivity contribution in [3.63, 3.8) is 0 Å². The summed E-state index contributed by atoms with van der Waals surface area (Å²) in [7, 11) is 0. The van der Waals surface area contributed by atoms with Crippen LogP contribution >= 0.6 is 0 Å². The molecule has 5 aliphatic carbocycles. The largest absolute Gasteiger partial charge is 0.396 e. The van der Waals surface area contributed by atoms with Gasteiger partial charge in [0.15, 0.2) is 5.78 Å². The standard InChI is InChI=1S/C32H49NO3/c1-27(2)10-12-32(14-15-34)13-11-31(7)25(21(32)18-27)22(35)16-24-29(5)17-20(19-33)26(36)28(3,4)23(29)8-9-30(24,31)6/h20-21,23-25,34H,8-18H2,1-7H3/t20?,21-,23-,24+,25-,29-,30+,31+,32+/m0/s1. The van der Waals surface area contributed by atoms with E-state index in [1.165, 1.54) is 6.42 Å². The van der Waals surface area contributed by atoms with Gasteiger partial charge in [-0.3, -0.25) is 9.59 Å². The normalized spacial score (nSPS) is 51.2. The van der Waals surface area contributed by atoms with Gasteiger partial charge < -0.3 is 5.11 Å². The summed E-state index contributed by atoms with van der Waals surface area (Å²) in [4.78, 5) is 27.7. The summed E-state index contributed by atoms with van der Waals surface area (Å²) < 4.78 is 0. The molecule has 5 rings (SSSR count). The van der Waals surface area contributed by atoms with E-state index in [0.717, 1.165) is 44.9 Å². The van der Waals surface area contributed by atoms with Crippen LogP contribution < -0.4 is 0 Å². The Morgan fingerprint density at radius 1 is 0.889 bits per heavy atom. The Morgan fingerprint density at radius 2 is 1.56 bits per heavy atom. The molecule has 36 heavy (non-hydrogen) atoms. The zero-order chi connectivity index (χ0) is 26.5. The summed E-state index contributed by atoms with van der Waals surface area (Å²) in [6.45, 7) is 16.3. The molecule has 0 aromatic rings. The van der Waals surface area contributed by atoms with Gasteiger partial charge in [-0.1, -0.05) is 48.5 Å². The van der Waals surface area contributed by atoms with E-state index in [9.17, 15) is 20.0 Å². The van der Waals surface area contributed by atoms with Gasteiger partial charge in [0.05, 0.1) is 6.07 Å². The lowest BCUT2D eigenvalue weighted by molar-refractivity contribution is -0.237. The first-order valence-corrected chi connectivity index (χ1v) is 14.7. The highest BCUT2D eigenvalue weighted by Crippen LogP contribution is 2.76. The van der Waals surface area contributed by atoms with Gasteiger partial charge in [-0.05, 0) is 103 Å². The summed E-state index contributed by atoms with van der Waals surface area (Å²) in [6.07, 6.45) is 9.66. The molecule has 4 heteroatoms. The maximum Gasteiger partial charge on any atom is 0.155 e. The molecule has 0 saturated heterocycles. The average Bonchev–Trinajstić information content (AvgIpc) is 2.79. The number of Topliss-reactive ketones (excluding diaryl/α,β-unsaturated/α-hetero) is 2. The SMILES string of the molecule is CC1(C)CC[C@]2(CCO)CC[C@]3(C)[C@H](C(=O)C[C@@H]4[C@@]5(C)CC(C#N)C(=O)C(C)(C)[C@@H]5CC[C@]43C)[C@@H]2C1. The van der Waals surface area contributed by atoms with Crippen LogP contribution in [0.5, 0.6) is 0 Å². The lowest BCUT2D eigenvalue weighted by Gasteiger charge is -2.73. The monoisotopic (exact) mass is 495 g/mol. The number of aliphatic hydroxyl groups is 1. The zero-order valence-electron chi connectivity index (χ0n) is 23.9. The molecule has 5 saturated carbocycles. The number of nitriles is 1. The highest BCUT2D eigenvalue weighted by molar-refractivity contribution is 5.90. The van der Waals surface area contributed by atoms with Gasteiger partial charge in [0.25, 0.3) is 0 Å². The number of rotatable bonds is 2. The predicted octanol–water partition coefficient (Wildman–Crippen LogP) is 6.75. The van der Waals surface area contributed by atoms with Crippen LogP contribution in [0.4, 0.5) is 0 Å². The number of hydrogen-bond acceptors (Lipinski definition) is 4. The van der Waals surface area contributed by atoms with E-state index in [0.29, 0.717) is 24.5 Å². The minimum atomic E-state index is -0.563. The Bertz CT molecular complexity index is 1010. The van der Waals surface area contributed by atoms with E-state index in [4.69, 9.17) is 0 Å². The van der Waals surface area contributed by atoms with Gasteiger partial charge >= 0.3 is 0 Å². The molecular formula is C32H49NO3. The van der Waals surface area contributed by atoms with Crippen molar-refractivity contribution in [3.8, 4) is 6.07 Å². The van der Waals surface area contributed by atoms with Crippen LogP contribution in [0.25, 0.3) is 0 Å². The maximum atomic E-state index is 14.4. The fraction of sp³-hybridized carbons (Fsp3) is 0.906. The van der Waals surface area contributed by atoms with Crippen LogP contribution in [-0.2, 0) is 9.59 Å². The van der Waals surface area contributed by atoms with E-state index >= 15 is 0 Å². The van der Waals surface area contributed by atoms with E-state index in [2.05, 4.69) is 54.5 Å². The Hall–Kier alpha value is -1.21. The second-order valence-corrected chi connectivity index (χ2v) is 15.9. The first-order valence-electron chi connectivity index (χ1n) is 14.7. The zero-order valence-corrected chi connectivity index (χ0v) is 23.9. The fourth-order valence-corrected chi connectivity index (χ4v) is 11.6. The second kappa shape index (κ2) is 7.91. The molecular weight excluding hydrogens is 446 g/mol. The Morgan fingerprint density at radius 3 is 2.19 bits per heavy atom. The van der Waals surface area contributed by atoms with Gasteiger partial charge in [0.2, 0.25) is 0 Å². The van der Waals surface area contributed by atoms with Crippen LogP contribution in [0.15, 0.2) is 0 Å². The molecule has 0 radical (unpaired) electrons. The third-order valence-corrected chi connectivity index (χ3v) is 13.7. The van der Waals surface area contributed by atoms with E-state index in [-0.39, 0.29) is 57.2 Å². The molecule has 4 nitrogen and oxygen atoms in total. The number of ketones is 2. The van der Waals surface area contributed by atoms with Crippen molar-refractivity contribution >= 4 is 11.6 Å². The summed E-state index contributed by atoms with van der Waals surface area (Å²) in [6, 6.07) is 2.36. The number of carbonyl (C=O) groups is 2. The van der Waals surface area contributed by atoms with Crippen LogP contribution in [0.1, 0.15) is 113 Å². The first-order chi connectivity index (χ1) is 16.6. The molecule has 0 amide bonds. The molecule has 0 bridgehead atoms. The van der Waals surface area contributed by atoms with Crippen LogP contribution in [0.2, 0.25) is 0 Å².